The fourth-order valence-electron chi connectivity index (χ4n) is 1.72. The lowest BCUT2D eigenvalue weighted by Crippen LogP contribution is -2.15. The summed E-state index contributed by atoms with van der Waals surface area (Å²) in [5, 5.41) is 17.9. The van der Waals surface area contributed by atoms with Gasteiger partial charge >= 0.3 is 0 Å². The zero-order chi connectivity index (χ0) is 13.0. The lowest BCUT2D eigenvalue weighted by Gasteiger charge is -2.20. The molecule has 2 N–H and O–H groups in total. The van der Waals surface area contributed by atoms with Gasteiger partial charge in [-0.15, -0.1) is 0 Å². The van der Waals surface area contributed by atoms with Gasteiger partial charge in [-0.2, -0.15) is 11.8 Å². The Kier molecular flexibility index (Phi) is 4.82. The number of ether oxygens (including phenoxy) is 2. The smallest absolute Gasteiger partial charge is 0.189 e. The topological polar surface area (TPSA) is 58.9 Å². The summed E-state index contributed by atoms with van der Waals surface area (Å²) in [6, 6.07) is 2.84. The molecule has 1 aliphatic heterocycles. The van der Waals surface area contributed by atoms with Crippen molar-refractivity contribution in [2.24, 2.45) is 0 Å². The third-order valence-corrected chi connectivity index (χ3v) is 3.67. The number of halogens is 1. The molecule has 1 aliphatic rings. The summed E-state index contributed by atoms with van der Waals surface area (Å²) in [4.78, 5) is 0. The van der Waals surface area contributed by atoms with Gasteiger partial charge in [0.1, 0.15) is 11.6 Å². The van der Waals surface area contributed by atoms with Crippen LogP contribution in [0.2, 0.25) is 0 Å². The number of aliphatic hydroxyl groups is 2. The maximum atomic E-state index is 13.4. The molecular formula is C12H15FO4S. The number of hydrogen-bond acceptors (Lipinski definition) is 5. The van der Waals surface area contributed by atoms with Crippen LogP contribution in [0.4, 0.5) is 4.39 Å². The summed E-state index contributed by atoms with van der Waals surface area (Å²) in [5.41, 5.74) is 1.46. The van der Waals surface area contributed by atoms with E-state index in [-0.39, 0.29) is 19.2 Å². The molecule has 18 heavy (non-hydrogen) atoms. The number of benzene rings is 1. The largest absolute Gasteiger partial charge is 0.467 e. The van der Waals surface area contributed by atoms with Crippen molar-refractivity contribution >= 4 is 11.8 Å². The molecule has 0 radical (unpaired) electrons. The summed E-state index contributed by atoms with van der Waals surface area (Å²) in [6.45, 7) is 0.262. The quantitative estimate of drug-likeness (QED) is 0.847. The highest BCUT2D eigenvalue weighted by Crippen LogP contribution is 2.31. The van der Waals surface area contributed by atoms with Gasteiger partial charge in [-0.3, -0.25) is 0 Å². The van der Waals surface area contributed by atoms with E-state index in [1.807, 2.05) is 0 Å². The number of hydrogen-bond donors (Lipinski definition) is 2. The maximum absolute atomic E-state index is 13.4. The molecule has 0 spiro atoms. The first-order valence-corrected chi connectivity index (χ1v) is 6.74. The maximum Gasteiger partial charge on any atom is 0.189 e. The van der Waals surface area contributed by atoms with Crippen molar-refractivity contribution in [3.8, 4) is 5.75 Å². The Morgan fingerprint density at radius 1 is 1.44 bits per heavy atom. The average Bonchev–Trinajstić information content (AvgIpc) is 2.38. The molecule has 6 heteroatoms. The molecule has 1 aromatic rings. The summed E-state index contributed by atoms with van der Waals surface area (Å²) in [7, 11) is 0. The summed E-state index contributed by atoms with van der Waals surface area (Å²) in [6.07, 6.45) is -0.747. The predicted octanol–water partition coefficient (Wildman–Crippen LogP) is 1.28. The van der Waals surface area contributed by atoms with Gasteiger partial charge in [0, 0.05) is 22.6 Å². The molecule has 1 aromatic carbocycles. The molecule has 2 rings (SSSR count). The van der Waals surface area contributed by atoms with Gasteiger partial charge in [0.2, 0.25) is 0 Å². The van der Waals surface area contributed by atoms with Gasteiger partial charge < -0.3 is 19.7 Å². The molecule has 4 nitrogen and oxygen atoms in total. The van der Waals surface area contributed by atoms with Crippen LogP contribution < -0.4 is 4.74 Å². The minimum Gasteiger partial charge on any atom is -0.467 e. The van der Waals surface area contributed by atoms with Crippen LogP contribution in [0.3, 0.4) is 0 Å². The minimum atomic E-state index is -0.747. The zero-order valence-corrected chi connectivity index (χ0v) is 10.6. The molecule has 0 amide bonds. The highest BCUT2D eigenvalue weighted by molar-refractivity contribution is 7.98. The standard InChI is InChI=1S/C12H15FO4S/c13-10-1-8-4-16-7-17-12(8)9(2-10)5-18-6-11(15)3-14/h1-2,11,14-15H,3-7H2. The van der Waals surface area contributed by atoms with Crippen LogP contribution in [0.15, 0.2) is 12.1 Å². The van der Waals surface area contributed by atoms with E-state index in [1.165, 1.54) is 23.9 Å². The van der Waals surface area contributed by atoms with Crippen LogP contribution in [0.1, 0.15) is 11.1 Å². The lowest BCUT2D eigenvalue weighted by molar-refractivity contribution is -0.0171. The lowest BCUT2D eigenvalue weighted by atomic mass is 10.1. The Balaban J connectivity index is 2.05. The fraction of sp³-hybridized carbons (Fsp3) is 0.500. The van der Waals surface area contributed by atoms with Gasteiger partial charge in [-0.25, -0.2) is 4.39 Å². The van der Waals surface area contributed by atoms with Gasteiger partial charge in [0.25, 0.3) is 0 Å². The van der Waals surface area contributed by atoms with E-state index in [2.05, 4.69) is 0 Å². The van der Waals surface area contributed by atoms with Gasteiger partial charge in [-0.1, -0.05) is 0 Å². The molecule has 0 aromatic heterocycles. The van der Waals surface area contributed by atoms with Crippen molar-refractivity contribution in [2.75, 3.05) is 19.2 Å². The van der Waals surface area contributed by atoms with Crippen LogP contribution in [0.5, 0.6) is 5.75 Å². The Morgan fingerprint density at radius 3 is 3.06 bits per heavy atom. The Bertz CT molecular complexity index is 413. The highest BCUT2D eigenvalue weighted by Gasteiger charge is 2.17. The first-order chi connectivity index (χ1) is 8.70. The van der Waals surface area contributed by atoms with Gasteiger partial charge in [0.15, 0.2) is 6.79 Å². The van der Waals surface area contributed by atoms with Crippen molar-refractivity contribution in [3.63, 3.8) is 0 Å². The predicted molar refractivity (Wildman–Crippen MR) is 65.9 cm³/mol. The van der Waals surface area contributed by atoms with E-state index in [9.17, 15) is 9.50 Å². The van der Waals surface area contributed by atoms with Crippen LogP contribution in [0, 0.1) is 5.82 Å². The second-order valence-corrected chi connectivity index (χ2v) is 5.05. The van der Waals surface area contributed by atoms with Crippen molar-refractivity contribution in [3.05, 3.63) is 29.1 Å². The third kappa shape index (κ3) is 3.35. The Labute approximate surface area is 109 Å². The first kappa shape index (κ1) is 13.6. The third-order valence-electron chi connectivity index (χ3n) is 2.53. The summed E-state index contributed by atoms with van der Waals surface area (Å²) < 4.78 is 23.9. The highest BCUT2D eigenvalue weighted by atomic mass is 32.2. The van der Waals surface area contributed by atoms with Crippen molar-refractivity contribution in [1.82, 2.24) is 0 Å². The molecule has 0 fully saturated rings. The number of rotatable bonds is 5. The fourth-order valence-corrected chi connectivity index (χ4v) is 2.65. The number of thioether (sulfide) groups is 1. The van der Waals surface area contributed by atoms with Crippen LogP contribution in [-0.4, -0.2) is 35.5 Å². The molecule has 0 aliphatic carbocycles. The molecule has 100 valence electrons. The second-order valence-electron chi connectivity index (χ2n) is 4.02. The average molecular weight is 274 g/mol. The Morgan fingerprint density at radius 2 is 2.28 bits per heavy atom. The van der Waals surface area contributed by atoms with Gasteiger partial charge in [0.05, 0.1) is 19.3 Å². The number of fused-ring (bicyclic) bond motifs is 1. The summed E-state index contributed by atoms with van der Waals surface area (Å²) >= 11 is 1.42. The van der Waals surface area contributed by atoms with Crippen LogP contribution in [-0.2, 0) is 17.1 Å². The monoisotopic (exact) mass is 274 g/mol. The van der Waals surface area contributed by atoms with E-state index in [0.29, 0.717) is 29.4 Å². The van der Waals surface area contributed by atoms with Crippen molar-refractivity contribution < 1.29 is 24.1 Å². The van der Waals surface area contributed by atoms with E-state index < -0.39 is 6.10 Å². The molecule has 0 saturated heterocycles. The van der Waals surface area contributed by atoms with E-state index >= 15 is 0 Å². The molecule has 1 heterocycles. The van der Waals surface area contributed by atoms with Crippen molar-refractivity contribution in [1.29, 1.82) is 0 Å². The van der Waals surface area contributed by atoms with E-state index in [1.54, 1.807) is 0 Å². The van der Waals surface area contributed by atoms with Crippen LogP contribution in [0.25, 0.3) is 0 Å². The van der Waals surface area contributed by atoms with Crippen LogP contribution >= 0.6 is 11.8 Å². The minimum absolute atomic E-state index is 0.176. The zero-order valence-electron chi connectivity index (χ0n) is 9.76. The van der Waals surface area contributed by atoms with Crippen molar-refractivity contribution in [2.45, 2.75) is 18.5 Å². The molecule has 1 atom stereocenters. The molecule has 0 saturated carbocycles. The first-order valence-electron chi connectivity index (χ1n) is 5.59. The normalized spacial score (nSPS) is 15.9. The SMILES string of the molecule is OCC(O)CSCc1cc(F)cc2c1OCOC2. The Hall–Kier alpha value is -0.820. The van der Waals surface area contributed by atoms with Gasteiger partial charge in [-0.05, 0) is 12.1 Å². The summed E-state index contributed by atoms with van der Waals surface area (Å²) in [5.74, 6) is 1.28. The number of aliphatic hydroxyl groups excluding tert-OH is 2. The molecule has 0 bridgehead atoms. The second kappa shape index (κ2) is 6.38. The van der Waals surface area contributed by atoms with E-state index in [0.717, 1.165) is 5.56 Å². The molecular weight excluding hydrogens is 259 g/mol. The molecule has 1 unspecified atom stereocenters. The van der Waals surface area contributed by atoms with E-state index in [4.69, 9.17) is 14.6 Å².